The van der Waals surface area contributed by atoms with E-state index in [-0.39, 0.29) is 30.8 Å². The summed E-state index contributed by atoms with van der Waals surface area (Å²) >= 11 is 0. The van der Waals surface area contributed by atoms with E-state index >= 15 is 0 Å². The van der Waals surface area contributed by atoms with Crippen LogP contribution >= 0.6 is 0 Å². The lowest BCUT2D eigenvalue weighted by molar-refractivity contribution is 0.0611. The van der Waals surface area contributed by atoms with Gasteiger partial charge in [-0.1, -0.05) is 29.8 Å². The van der Waals surface area contributed by atoms with Gasteiger partial charge in [0.05, 0.1) is 0 Å². The third-order valence-electron chi connectivity index (χ3n) is 8.19. The van der Waals surface area contributed by atoms with E-state index in [9.17, 15) is 18.8 Å². The molecule has 208 valence electrons. The molecule has 4 aromatic rings. The molecule has 1 fully saturated rings. The molecule has 6 rings (SSSR count). The topological polar surface area (TPSA) is 60.9 Å². The monoisotopic (exact) mass is 549 g/mol. The number of anilines is 2. The molecule has 0 aliphatic carbocycles. The molecule has 0 N–H and O–H groups in total. The standard InChI is InChI=1S/C34H32FN3O3/c1-22-9-15-29(23(2)21-22)37(32(39)24-10-12-25(35)13-11-24)19-20-38-33(40)27-8-6-7-26-30(36-17-4-3-5-18-36)16-14-28(31(26)27)34(38)41/h6-16,21H,3-5,17-20H2,1-2H3. The van der Waals surface area contributed by atoms with Crippen molar-refractivity contribution < 1.29 is 18.8 Å². The van der Waals surface area contributed by atoms with E-state index in [1.165, 1.54) is 35.6 Å². The van der Waals surface area contributed by atoms with Crippen molar-refractivity contribution in [2.24, 2.45) is 0 Å². The third-order valence-corrected chi connectivity index (χ3v) is 8.19. The highest BCUT2D eigenvalue weighted by Gasteiger charge is 2.34. The number of amides is 3. The summed E-state index contributed by atoms with van der Waals surface area (Å²) in [5, 5.41) is 1.63. The minimum absolute atomic E-state index is 0.0155. The van der Waals surface area contributed by atoms with E-state index in [1.807, 2.05) is 56.3 Å². The van der Waals surface area contributed by atoms with E-state index in [0.717, 1.165) is 48.1 Å². The summed E-state index contributed by atoms with van der Waals surface area (Å²) in [6, 6.07) is 20.6. The van der Waals surface area contributed by atoms with Gasteiger partial charge in [-0.05, 0) is 87.2 Å². The molecule has 2 aliphatic heterocycles. The average molecular weight is 550 g/mol. The third kappa shape index (κ3) is 4.86. The zero-order valence-corrected chi connectivity index (χ0v) is 23.3. The number of aryl methyl sites for hydroxylation is 2. The number of carbonyl (C=O) groups is 3. The molecule has 0 spiro atoms. The molecule has 1 saturated heterocycles. The zero-order chi connectivity index (χ0) is 28.7. The van der Waals surface area contributed by atoms with Gasteiger partial charge in [-0.2, -0.15) is 0 Å². The van der Waals surface area contributed by atoms with Crippen LogP contribution in [0.4, 0.5) is 15.8 Å². The summed E-state index contributed by atoms with van der Waals surface area (Å²) in [5.41, 5.74) is 4.99. The van der Waals surface area contributed by atoms with E-state index < -0.39 is 5.82 Å². The largest absolute Gasteiger partial charge is 0.371 e. The summed E-state index contributed by atoms with van der Waals surface area (Å²) in [7, 11) is 0. The molecule has 0 radical (unpaired) electrons. The molecule has 0 saturated carbocycles. The number of rotatable bonds is 6. The molecule has 2 aliphatic rings. The minimum atomic E-state index is -0.430. The normalized spacial score (nSPS) is 15.0. The molecule has 4 aromatic carbocycles. The second-order valence-electron chi connectivity index (χ2n) is 10.9. The number of halogens is 1. The van der Waals surface area contributed by atoms with Crippen molar-refractivity contribution in [3.8, 4) is 0 Å². The van der Waals surface area contributed by atoms with Gasteiger partial charge in [0.25, 0.3) is 17.7 Å². The minimum Gasteiger partial charge on any atom is -0.371 e. The van der Waals surface area contributed by atoms with Crippen molar-refractivity contribution in [1.82, 2.24) is 4.90 Å². The summed E-state index contributed by atoms with van der Waals surface area (Å²) < 4.78 is 13.6. The molecule has 2 heterocycles. The molecule has 7 heteroatoms. The smallest absolute Gasteiger partial charge is 0.261 e. The SMILES string of the molecule is Cc1ccc(N(CCN2C(=O)c3cccc4c(N5CCCCC5)ccc(c34)C2=O)C(=O)c2ccc(F)cc2)c(C)c1. The Morgan fingerprint density at radius 3 is 2.27 bits per heavy atom. The van der Waals surface area contributed by atoms with Gasteiger partial charge in [0, 0.05) is 65.0 Å². The first-order valence-electron chi connectivity index (χ1n) is 14.1. The van der Waals surface area contributed by atoms with Crippen LogP contribution in [0, 0.1) is 19.7 Å². The molecule has 6 nitrogen and oxygen atoms in total. The van der Waals surface area contributed by atoms with Gasteiger partial charge in [-0.15, -0.1) is 0 Å². The lowest BCUT2D eigenvalue weighted by Gasteiger charge is -2.33. The lowest BCUT2D eigenvalue weighted by atomic mass is 9.92. The van der Waals surface area contributed by atoms with Crippen LogP contribution in [0.3, 0.4) is 0 Å². The fourth-order valence-corrected chi connectivity index (χ4v) is 6.13. The molecular weight excluding hydrogens is 517 g/mol. The highest BCUT2D eigenvalue weighted by molar-refractivity contribution is 6.26. The van der Waals surface area contributed by atoms with Crippen molar-refractivity contribution in [3.05, 3.63) is 106 Å². The zero-order valence-electron chi connectivity index (χ0n) is 23.3. The molecule has 0 unspecified atom stereocenters. The number of piperidine rings is 1. The summed E-state index contributed by atoms with van der Waals surface area (Å²) in [4.78, 5) is 46.4. The quantitative estimate of drug-likeness (QED) is 0.257. The maximum Gasteiger partial charge on any atom is 0.261 e. The van der Waals surface area contributed by atoms with Crippen LogP contribution in [0.2, 0.25) is 0 Å². The Kier molecular flexibility index (Phi) is 7.03. The Balaban J connectivity index is 1.33. The molecular formula is C34H32FN3O3. The van der Waals surface area contributed by atoms with Gasteiger partial charge in [-0.25, -0.2) is 4.39 Å². The highest BCUT2D eigenvalue weighted by Crippen LogP contribution is 2.37. The molecule has 0 bridgehead atoms. The Bertz CT molecular complexity index is 1650. The van der Waals surface area contributed by atoms with Gasteiger partial charge in [0.2, 0.25) is 0 Å². The average Bonchev–Trinajstić information content (AvgIpc) is 2.98. The van der Waals surface area contributed by atoms with Gasteiger partial charge >= 0.3 is 0 Å². The Morgan fingerprint density at radius 2 is 1.56 bits per heavy atom. The number of hydrogen-bond donors (Lipinski definition) is 0. The molecule has 0 atom stereocenters. The van der Waals surface area contributed by atoms with Crippen LogP contribution in [-0.4, -0.2) is 48.8 Å². The second kappa shape index (κ2) is 10.8. The van der Waals surface area contributed by atoms with E-state index in [2.05, 4.69) is 4.90 Å². The van der Waals surface area contributed by atoms with Gasteiger partial charge < -0.3 is 9.80 Å². The first-order valence-corrected chi connectivity index (χ1v) is 14.1. The number of benzene rings is 4. The van der Waals surface area contributed by atoms with E-state index in [0.29, 0.717) is 27.8 Å². The van der Waals surface area contributed by atoms with Crippen LogP contribution in [0.25, 0.3) is 10.8 Å². The predicted octanol–water partition coefficient (Wildman–Crippen LogP) is 6.53. The number of nitrogens with zero attached hydrogens (tertiary/aromatic N) is 3. The first kappa shape index (κ1) is 26.7. The van der Waals surface area contributed by atoms with Crippen LogP contribution in [-0.2, 0) is 0 Å². The summed E-state index contributed by atoms with van der Waals surface area (Å²) in [6.45, 7) is 5.92. The maximum atomic E-state index is 13.8. The number of imide groups is 1. The molecule has 41 heavy (non-hydrogen) atoms. The summed E-state index contributed by atoms with van der Waals surface area (Å²) in [6.07, 6.45) is 3.47. The Hall–Kier alpha value is -4.52. The number of carbonyl (C=O) groups excluding carboxylic acids is 3. The van der Waals surface area contributed by atoms with Crippen LogP contribution in [0.5, 0.6) is 0 Å². The van der Waals surface area contributed by atoms with Crippen molar-refractivity contribution in [1.29, 1.82) is 0 Å². The van der Waals surface area contributed by atoms with Crippen molar-refractivity contribution in [3.63, 3.8) is 0 Å². The second-order valence-corrected chi connectivity index (χ2v) is 10.9. The van der Waals surface area contributed by atoms with Crippen LogP contribution in [0.15, 0.2) is 72.8 Å². The van der Waals surface area contributed by atoms with Crippen molar-refractivity contribution in [2.45, 2.75) is 33.1 Å². The molecule has 3 amide bonds. The maximum absolute atomic E-state index is 13.8. The predicted molar refractivity (Wildman–Crippen MR) is 159 cm³/mol. The van der Waals surface area contributed by atoms with Crippen molar-refractivity contribution >= 4 is 39.9 Å². The van der Waals surface area contributed by atoms with Gasteiger partial charge in [0.15, 0.2) is 0 Å². The molecule has 0 aromatic heterocycles. The fraction of sp³-hybridized carbons (Fsp3) is 0.265. The highest BCUT2D eigenvalue weighted by atomic mass is 19.1. The Morgan fingerprint density at radius 1 is 0.854 bits per heavy atom. The van der Waals surface area contributed by atoms with E-state index in [4.69, 9.17) is 0 Å². The van der Waals surface area contributed by atoms with Crippen LogP contribution < -0.4 is 9.80 Å². The summed E-state index contributed by atoms with van der Waals surface area (Å²) in [5.74, 6) is -1.49. The van der Waals surface area contributed by atoms with Crippen molar-refractivity contribution in [2.75, 3.05) is 36.0 Å². The van der Waals surface area contributed by atoms with Gasteiger partial charge in [0.1, 0.15) is 5.82 Å². The van der Waals surface area contributed by atoms with Gasteiger partial charge in [-0.3, -0.25) is 19.3 Å². The lowest BCUT2D eigenvalue weighted by Crippen LogP contribution is -2.46. The van der Waals surface area contributed by atoms with E-state index in [1.54, 1.807) is 11.0 Å². The van der Waals surface area contributed by atoms with Crippen LogP contribution in [0.1, 0.15) is 61.5 Å². The number of hydrogen-bond acceptors (Lipinski definition) is 4. The fourth-order valence-electron chi connectivity index (χ4n) is 6.13. The first-order chi connectivity index (χ1) is 19.8. The Labute approximate surface area is 239 Å².